The van der Waals surface area contributed by atoms with Gasteiger partial charge in [-0.3, -0.25) is 9.78 Å². The van der Waals surface area contributed by atoms with E-state index in [1.165, 1.54) is 23.9 Å². The fourth-order valence-electron chi connectivity index (χ4n) is 2.23. The number of pyridine rings is 1. The summed E-state index contributed by atoms with van der Waals surface area (Å²) in [6, 6.07) is 15.8. The van der Waals surface area contributed by atoms with E-state index in [1.54, 1.807) is 18.3 Å². The molecule has 0 saturated carbocycles. The van der Waals surface area contributed by atoms with Crippen molar-refractivity contribution < 1.29 is 14.7 Å². The molecule has 1 heterocycles. The number of carbonyl (C=O) groups excluding carboxylic acids is 1. The number of carboxylic acids is 1. The Morgan fingerprint density at radius 1 is 1.04 bits per heavy atom. The molecule has 0 fully saturated rings. The van der Waals surface area contributed by atoms with Crippen molar-refractivity contribution in [2.24, 2.45) is 0 Å². The highest BCUT2D eigenvalue weighted by Crippen LogP contribution is 2.26. The quantitative estimate of drug-likeness (QED) is 0.694. The largest absolute Gasteiger partial charge is 0.478 e. The molecule has 3 rings (SSSR count). The molecule has 0 spiro atoms. The second kappa shape index (κ2) is 7.14. The number of carbonyl (C=O) groups is 2. The van der Waals surface area contributed by atoms with E-state index < -0.39 is 5.97 Å². The van der Waals surface area contributed by atoms with E-state index >= 15 is 0 Å². The monoisotopic (exact) mass is 338 g/mol. The SMILES string of the molecule is O=C(CSc1cccc2cccnc12)Nc1ccc(C(=O)O)cc1. The molecule has 0 radical (unpaired) electrons. The number of carboxylic acid groups (broad SMARTS) is 1. The second-order valence-corrected chi connectivity index (χ2v) is 6.07. The Balaban J connectivity index is 1.64. The van der Waals surface area contributed by atoms with Crippen LogP contribution in [0.4, 0.5) is 5.69 Å². The van der Waals surface area contributed by atoms with E-state index in [4.69, 9.17) is 5.11 Å². The van der Waals surface area contributed by atoms with E-state index in [1.807, 2.05) is 30.3 Å². The Kier molecular flexibility index (Phi) is 4.77. The molecular weight excluding hydrogens is 324 g/mol. The highest BCUT2D eigenvalue weighted by atomic mass is 32.2. The first-order valence-corrected chi connectivity index (χ1v) is 8.22. The number of hydrogen-bond donors (Lipinski definition) is 2. The van der Waals surface area contributed by atoms with E-state index in [-0.39, 0.29) is 17.2 Å². The standard InChI is InChI=1S/C18H14N2O3S/c21-16(20-14-8-6-13(7-9-14)18(22)23)11-24-15-5-1-3-12-4-2-10-19-17(12)15/h1-10H,11H2,(H,20,21)(H,22,23). The van der Waals surface area contributed by atoms with Gasteiger partial charge in [-0.25, -0.2) is 4.79 Å². The molecule has 2 aromatic carbocycles. The van der Waals surface area contributed by atoms with Crippen LogP contribution in [0.5, 0.6) is 0 Å². The van der Waals surface area contributed by atoms with Crippen LogP contribution in [0.1, 0.15) is 10.4 Å². The molecule has 0 atom stereocenters. The number of aromatic carboxylic acids is 1. The van der Waals surface area contributed by atoms with Gasteiger partial charge in [-0.1, -0.05) is 18.2 Å². The van der Waals surface area contributed by atoms with Crippen LogP contribution < -0.4 is 5.32 Å². The van der Waals surface area contributed by atoms with Gasteiger partial charge in [0.2, 0.25) is 5.91 Å². The van der Waals surface area contributed by atoms with Crippen molar-refractivity contribution in [2.75, 3.05) is 11.1 Å². The number of benzene rings is 2. The first-order chi connectivity index (χ1) is 11.6. The van der Waals surface area contributed by atoms with Crippen LogP contribution in [0.25, 0.3) is 10.9 Å². The highest BCUT2D eigenvalue weighted by molar-refractivity contribution is 8.00. The molecule has 2 N–H and O–H groups in total. The number of anilines is 1. The smallest absolute Gasteiger partial charge is 0.335 e. The zero-order valence-electron chi connectivity index (χ0n) is 12.6. The van der Waals surface area contributed by atoms with Gasteiger partial charge in [-0.2, -0.15) is 0 Å². The van der Waals surface area contributed by atoms with Crippen molar-refractivity contribution in [1.82, 2.24) is 4.98 Å². The van der Waals surface area contributed by atoms with Gasteiger partial charge in [0, 0.05) is 22.2 Å². The van der Waals surface area contributed by atoms with Crippen molar-refractivity contribution in [3.05, 3.63) is 66.4 Å². The minimum Gasteiger partial charge on any atom is -0.478 e. The van der Waals surface area contributed by atoms with E-state index in [0.717, 1.165) is 15.8 Å². The Morgan fingerprint density at radius 3 is 2.54 bits per heavy atom. The first kappa shape index (κ1) is 16.0. The lowest BCUT2D eigenvalue weighted by Crippen LogP contribution is -2.14. The highest BCUT2D eigenvalue weighted by Gasteiger charge is 2.08. The lowest BCUT2D eigenvalue weighted by Gasteiger charge is -2.07. The predicted molar refractivity (Wildman–Crippen MR) is 94.5 cm³/mol. The number of thioether (sulfide) groups is 1. The lowest BCUT2D eigenvalue weighted by molar-refractivity contribution is -0.113. The molecule has 0 unspecified atom stereocenters. The van der Waals surface area contributed by atoms with Gasteiger partial charge in [-0.05, 0) is 36.4 Å². The summed E-state index contributed by atoms with van der Waals surface area (Å²) in [5, 5.41) is 12.6. The van der Waals surface area contributed by atoms with Gasteiger partial charge < -0.3 is 10.4 Å². The van der Waals surface area contributed by atoms with Crippen LogP contribution >= 0.6 is 11.8 Å². The van der Waals surface area contributed by atoms with Crippen molar-refractivity contribution in [3.8, 4) is 0 Å². The summed E-state index contributed by atoms with van der Waals surface area (Å²) in [6.07, 6.45) is 1.73. The molecule has 5 nitrogen and oxygen atoms in total. The van der Waals surface area contributed by atoms with Gasteiger partial charge in [0.1, 0.15) is 0 Å². The van der Waals surface area contributed by atoms with Crippen LogP contribution in [0, 0.1) is 0 Å². The summed E-state index contributed by atoms with van der Waals surface area (Å²) < 4.78 is 0. The topological polar surface area (TPSA) is 79.3 Å². The zero-order valence-corrected chi connectivity index (χ0v) is 13.4. The molecule has 0 bridgehead atoms. The second-order valence-electron chi connectivity index (χ2n) is 5.05. The molecule has 0 aliphatic rings. The molecule has 120 valence electrons. The molecule has 3 aromatic rings. The molecule has 6 heteroatoms. The number of para-hydroxylation sites is 1. The van der Waals surface area contributed by atoms with E-state index in [0.29, 0.717) is 5.69 Å². The zero-order chi connectivity index (χ0) is 16.9. The summed E-state index contributed by atoms with van der Waals surface area (Å²) in [5.41, 5.74) is 1.63. The number of hydrogen-bond acceptors (Lipinski definition) is 4. The Bertz CT molecular complexity index is 889. The van der Waals surface area contributed by atoms with Crippen molar-refractivity contribution in [1.29, 1.82) is 0 Å². The van der Waals surface area contributed by atoms with Crippen LogP contribution in [-0.4, -0.2) is 27.7 Å². The van der Waals surface area contributed by atoms with Gasteiger partial charge in [0.05, 0.1) is 16.8 Å². The summed E-state index contributed by atoms with van der Waals surface area (Å²) in [7, 11) is 0. The van der Waals surface area contributed by atoms with Gasteiger partial charge in [0.25, 0.3) is 0 Å². The Morgan fingerprint density at radius 2 is 1.79 bits per heavy atom. The number of aromatic nitrogens is 1. The van der Waals surface area contributed by atoms with Crippen molar-refractivity contribution in [3.63, 3.8) is 0 Å². The lowest BCUT2D eigenvalue weighted by atomic mass is 10.2. The summed E-state index contributed by atoms with van der Waals surface area (Å²) in [5.74, 6) is -0.904. The minimum atomic E-state index is -0.994. The summed E-state index contributed by atoms with van der Waals surface area (Å²) in [4.78, 5) is 28.2. The third kappa shape index (κ3) is 3.72. The normalized spacial score (nSPS) is 10.5. The van der Waals surface area contributed by atoms with Crippen LogP contribution in [0.15, 0.2) is 65.7 Å². The molecular formula is C18H14N2O3S. The predicted octanol–water partition coefficient (Wildman–Crippen LogP) is 3.66. The van der Waals surface area contributed by atoms with E-state index in [9.17, 15) is 9.59 Å². The summed E-state index contributed by atoms with van der Waals surface area (Å²) >= 11 is 1.42. The summed E-state index contributed by atoms with van der Waals surface area (Å²) in [6.45, 7) is 0. The van der Waals surface area contributed by atoms with Crippen LogP contribution in [-0.2, 0) is 4.79 Å². The third-order valence-corrected chi connectivity index (χ3v) is 4.42. The first-order valence-electron chi connectivity index (χ1n) is 7.23. The van der Waals surface area contributed by atoms with Gasteiger partial charge in [-0.15, -0.1) is 11.8 Å². The maximum Gasteiger partial charge on any atom is 0.335 e. The maximum absolute atomic E-state index is 12.1. The molecule has 1 aromatic heterocycles. The fraction of sp³-hybridized carbons (Fsp3) is 0.0556. The Hall–Kier alpha value is -2.86. The number of amides is 1. The average Bonchev–Trinajstić information content (AvgIpc) is 2.60. The number of rotatable bonds is 5. The molecule has 1 amide bonds. The van der Waals surface area contributed by atoms with Crippen molar-refractivity contribution >= 4 is 40.2 Å². The number of nitrogens with one attached hydrogen (secondary N) is 1. The van der Waals surface area contributed by atoms with Crippen LogP contribution in [0.2, 0.25) is 0 Å². The molecule has 24 heavy (non-hydrogen) atoms. The minimum absolute atomic E-state index is 0.156. The fourth-order valence-corrected chi connectivity index (χ4v) is 3.07. The number of nitrogens with zero attached hydrogens (tertiary/aromatic N) is 1. The third-order valence-electron chi connectivity index (χ3n) is 3.37. The Labute approximate surface area is 142 Å². The average molecular weight is 338 g/mol. The number of fused-ring (bicyclic) bond motifs is 1. The molecule has 0 saturated heterocycles. The van der Waals surface area contributed by atoms with Crippen molar-refractivity contribution in [2.45, 2.75) is 4.90 Å². The van der Waals surface area contributed by atoms with Gasteiger partial charge in [0.15, 0.2) is 0 Å². The molecule has 0 aliphatic heterocycles. The van der Waals surface area contributed by atoms with E-state index in [2.05, 4.69) is 10.3 Å². The molecule has 0 aliphatic carbocycles. The van der Waals surface area contributed by atoms with Gasteiger partial charge >= 0.3 is 5.97 Å². The maximum atomic E-state index is 12.1. The van der Waals surface area contributed by atoms with Crippen LogP contribution in [0.3, 0.4) is 0 Å².